The second kappa shape index (κ2) is 7.93. The molecule has 1 amide bonds. The summed E-state index contributed by atoms with van der Waals surface area (Å²) in [5.41, 5.74) is 0.915. The minimum absolute atomic E-state index is 0.110. The van der Waals surface area contributed by atoms with Gasteiger partial charge in [0.2, 0.25) is 0 Å². The number of hydrogen-bond acceptors (Lipinski definition) is 5. The van der Waals surface area contributed by atoms with Crippen molar-refractivity contribution in [3.05, 3.63) is 54.7 Å². The molecule has 1 heterocycles. The number of ether oxygens (including phenoxy) is 1. The Bertz CT molecular complexity index is 651. The molecule has 0 bridgehead atoms. The molecule has 0 saturated heterocycles. The van der Waals surface area contributed by atoms with E-state index in [0.29, 0.717) is 18.1 Å². The fourth-order valence-corrected chi connectivity index (χ4v) is 1.81. The third-order valence-electron chi connectivity index (χ3n) is 2.81. The molecule has 1 aromatic carbocycles. The van der Waals surface area contributed by atoms with Crippen LogP contribution in [0.3, 0.4) is 0 Å². The largest absolute Gasteiger partial charge is 0.491 e. The zero-order valence-corrected chi connectivity index (χ0v) is 13.2. The van der Waals surface area contributed by atoms with Crippen LogP contribution in [0.4, 0.5) is 11.5 Å². The molecule has 120 valence electrons. The summed E-state index contributed by atoms with van der Waals surface area (Å²) in [5, 5.41) is 13.6. The van der Waals surface area contributed by atoms with Gasteiger partial charge in [-0.05, 0) is 50.2 Å². The molecule has 23 heavy (non-hydrogen) atoms. The molecule has 0 aliphatic rings. The molecular weight excluding hydrogens is 292 g/mol. The summed E-state index contributed by atoms with van der Waals surface area (Å²) >= 11 is 0. The number of nitrogens with one attached hydrogen (secondary N) is 2. The summed E-state index contributed by atoms with van der Waals surface area (Å²) in [6, 6.07) is 10.5. The molecule has 2 rings (SSSR count). The molecule has 0 spiro atoms. The van der Waals surface area contributed by atoms with Crippen LogP contribution in [-0.4, -0.2) is 28.8 Å². The lowest BCUT2D eigenvalue weighted by atomic mass is 10.3. The van der Waals surface area contributed by atoms with Crippen LogP contribution in [0.15, 0.2) is 49.1 Å². The number of nitrogens with zero attached hydrogens (tertiary/aromatic N) is 2. The van der Waals surface area contributed by atoms with Gasteiger partial charge in [-0.1, -0.05) is 6.08 Å². The molecule has 0 fully saturated rings. The van der Waals surface area contributed by atoms with Crippen molar-refractivity contribution in [1.82, 2.24) is 10.2 Å². The van der Waals surface area contributed by atoms with Crippen molar-refractivity contribution >= 4 is 17.4 Å². The number of hydrogen-bond donors (Lipinski definition) is 2. The molecular formula is C17H20N4O2. The Balaban J connectivity index is 1.96. The van der Waals surface area contributed by atoms with Crippen LogP contribution in [0.25, 0.3) is 0 Å². The number of aromatic nitrogens is 2. The number of amides is 1. The normalized spacial score (nSPS) is 10.2. The second-order valence-electron chi connectivity index (χ2n) is 5.12. The highest BCUT2D eigenvalue weighted by Gasteiger charge is 2.09. The molecule has 0 radical (unpaired) electrons. The summed E-state index contributed by atoms with van der Waals surface area (Å²) in [4.78, 5) is 12.1. The maximum atomic E-state index is 12.1. The van der Waals surface area contributed by atoms with Gasteiger partial charge in [-0.15, -0.1) is 16.8 Å². The Morgan fingerprint density at radius 1 is 1.22 bits per heavy atom. The number of anilines is 2. The highest BCUT2D eigenvalue weighted by Crippen LogP contribution is 2.17. The fourth-order valence-electron chi connectivity index (χ4n) is 1.81. The summed E-state index contributed by atoms with van der Waals surface area (Å²) in [7, 11) is 0. The molecule has 2 N–H and O–H groups in total. The van der Waals surface area contributed by atoms with Crippen molar-refractivity contribution in [1.29, 1.82) is 0 Å². The number of carbonyl (C=O) groups excluding carboxylic acids is 1. The first kappa shape index (κ1) is 16.5. The van der Waals surface area contributed by atoms with Crippen LogP contribution in [0.5, 0.6) is 5.75 Å². The van der Waals surface area contributed by atoms with E-state index in [1.165, 1.54) is 0 Å². The molecule has 0 atom stereocenters. The van der Waals surface area contributed by atoms with E-state index in [0.717, 1.165) is 5.75 Å². The third kappa shape index (κ3) is 5.10. The van der Waals surface area contributed by atoms with Crippen LogP contribution in [-0.2, 0) is 0 Å². The Morgan fingerprint density at radius 3 is 2.52 bits per heavy atom. The summed E-state index contributed by atoms with van der Waals surface area (Å²) in [6.07, 6.45) is 1.83. The van der Waals surface area contributed by atoms with Gasteiger partial charge in [0, 0.05) is 12.2 Å². The molecule has 0 aliphatic heterocycles. The van der Waals surface area contributed by atoms with E-state index in [2.05, 4.69) is 27.4 Å². The van der Waals surface area contributed by atoms with E-state index in [4.69, 9.17) is 4.74 Å². The van der Waals surface area contributed by atoms with Gasteiger partial charge in [0.25, 0.3) is 5.91 Å². The van der Waals surface area contributed by atoms with Gasteiger partial charge in [0.1, 0.15) is 11.6 Å². The van der Waals surface area contributed by atoms with Crippen LogP contribution in [0, 0.1) is 0 Å². The molecule has 0 aliphatic carbocycles. The molecule has 6 nitrogen and oxygen atoms in total. The van der Waals surface area contributed by atoms with E-state index >= 15 is 0 Å². The van der Waals surface area contributed by atoms with Crippen LogP contribution in [0.1, 0.15) is 24.3 Å². The van der Waals surface area contributed by atoms with E-state index in [-0.39, 0.29) is 17.7 Å². The van der Waals surface area contributed by atoms with Crippen LogP contribution < -0.4 is 15.4 Å². The van der Waals surface area contributed by atoms with Crippen molar-refractivity contribution in [2.75, 3.05) is 17.2 Å². The standard InChI is InChI=1S/C17H20N4O2/c1-4-11-18-16-10-9-15(20-21-16)17(22)19-13-5-7-14(8-6-13)23-12(2)3/h4-10,12H,1,11H2,2-3H3,(H,18,21)(H,19,22). The van der Waals surface area contributed by atoms with Gasteiger partial charge in [0.05, 0.1) is 6.10 Å². The van der Waals surface area contributed by atoms with Gasteiger partial charge in [-0.3, -0.25) is 4.79 Å². The SMILES string of the molecule is C=CCNc1ccc(C(=O)Nc2ccc(OC(C)C)cc2)nn1. The predicted molar refractivity (Wildman–Crippen MR) is 90.9 cm³/mol. The summed E-state index contributed by atoms with van der Waals surface area (Å²) in [6.45, 7) is 8.12. The quantitative estimate of drug-likeness (QED) is 0.768. The summed E-state index contributed by atoms with van der Waals surface area (Å²) in [5.74, 6) is 1.04. The van der Waals surface area contributed by atoms with Gasteiger partial charge < -0.3 is 15.4 Å². The van der Waals surface area contributed by atoms with Gasteiger partial charge in [0.15, 0.2) is 5.69 Å². The number of benzene rings is 1. The Labute approximate surface area is 135 Å². The monoisotopic (exact) mass is 312 g/mol. The first-order valence-electron chi connectivity index (χ1n) is 7.35. The van der Waals surface area contributed by atoms with E-state index < -0.39 is 0 Å². The second-order valence-corrected chi connectivity index (χ2v) is 5.12. The van der Waals surface area contributed by atoms with Crippen molar-refractivity contribution in [3.8, 4) is 5.75 Å². The van der Waals surface area contributed by atoms with E-state index in [9.17, 15) is 4.79 Å². The van der Waals surface area contributed by atoms with Crippen molar-refractivity contribution in [2.24, 2.45) is 0 Å². The lowest BCUT2D eigenvalue weighted by molar-refractivity contribution is 0.102. The average Bonchev–Trinajstić information content (AvgIpc) is 2.54. The first-order chi connectivity index (χ1) is 11.1. The Hall–Kier alpha value is -2.89. The topological polar surface area (TPSA) is 76.1 Å². The number of carbonyl (C=O) groups is 1. The third-order valence-corrected chi connectivity index (χ3v) is 2.81. The molecule has 0 saturated carbocycles. The smallest absolute Gasteiger partial charge is 0.276 e. The highest BCUT2D eigenvalue weighted by molar-refractivity contribution is 6.02. The summed E-state index contributed by atoms with van der Waals surface area (Å²) < 4.78 is 5.56. The maximum absolute atomic E-state index is 12.1. The van der Waals surface area contributed by atoms with Gasteiger partial charge in [-0.2, -0.15) is 0 Å². The zero-order valence-electron chi connectivity index (χ0n) is 13.2. The van der Waals surface area contributed by atoms with Crippen LogP contribution >= 0.6 is 0 Å². The van der Waals surface area contributed by atoms with Crippen molar-refractivity contribution in [2.45, 2.75) is 20.0 Å². The van der Waals surface area contributed by atoms with Gasteiger partial charge in [-0.25, -0.2) is 0 Å². The van der Waals surface area contributed by atoms with Gasteiger partial charge >= 0.3 is 0 Å². The maximum Gasteiger partial charge on any atom is 0.276 e. The lowest BCUT2D eigenvalue weighted by Crippen LogP contribution is -2.15. The minimum Gasteiger partial charge on any atom is -0.491 e. The average molecular weight is 312 g/mol. The molecule has 1 aromatic heterocycles. The number of rotatable bonds is 7. The highest BCUT2D eigenvalue weighted by atomic mass is 16.5. The molecule has 6 heteroatoms. The van der Waals surface area contributed by atoms with E-state index in [1.54, 1.807) is 30.3 Å². The van der Waals surface area contributed by atoms with Crippen molar-refractivity contribution in [3.63, 3.8) is 0 Å². The molecule has 2 aromatic rings. The van der Waals surface area contributed by atoms with E-state index in [1.807, 2.05) is 26.0 Å². The Kier molecular flexibility index (Phi) is 5.68. The fraction of sp³-hybridized carbons (Fsp3) is 0.235. The van der Waals surface area contributed by atoms with Crippen LogP contribution in [0.2, 0.25) is 0 Å². The molecule has 0 unspecified atom stereocenters. The first-order valence-corrected chi connectivity index (χ1v) is 7.35. The van der Waals surface area contributed by atoms with Crippen molar-refractivity contribution < 1.29 is 9.53 Å². The minimum atomic E-state index is -0.315. The lowest BCUT2D eigenvalue weighted by Gasteiger charge is -2.10. The zero-order chi connectivity index (χ0) is 16.7. The predicted octanol–water partition coefficient (Wildman–Crippen LogP) is 3.11. The Morgan fingerprint density at radius 2 is 1.96 bits per heavy atom.